The van der Waals surface area contributed by atoms with Gasteiger partial charge in [0.05, 0.1) is 0 Å². The molecule has 0 unspecified atom stereocenters. The van der Waals surface area contributed by atoms with Gasteiger partial charge in [-0.3, -0.25) is 4.79 Å². The summed E-state index contributed by atoms with van der Waals surface area (Å²) in [5.74, 6) is -0.419. The minimum Gasteiger partial charge on any atom is -0.366 e. The Hall–Kier alpha value is -2.62. The first-order chi connectivity index (χ1) is 13.9. The monoisotopic (exact) mass is 404 g/mol. The summed E-state index contributed by atoms with van der Waals surface area (Å²) >= 11 is 6.69. The second-order valence-electron chi connectivity index (χ2n) is 7.92. The van der Waals surface area contributed by atoms with E-state index in [-0.39, 0.29) is 0 Å². The van der Waals surface area contributed by atoms with Crippen molar-refractivity contribution in [1.29, 1.82) is 0 Å². The fourth-order valence-electron chi connectivity index (χ4n) is 4.32. The summed E-state index contributed by atoms with van der Waals surface area (Å²) in [5.41, 5.74) is 14.1. The van der Waals surface area contributed by atoms with Crippen LogP contribution >= 0.6 is 11.6 Å². The molecule has 0 saturated carbocycles. The highest BCUT2D eigenvalue weighted by atomic mass is 35.5. The van der Waals surface area contributed by atoms with Gasteiger partial charge in [0.15, 0.2) is 0 Å². The Bertz CT molecular complexity index is 1040. The lowest BCUT2D eigenvalue weighted by Gasteiger charge is -2.16. The number of hydrogen-bond donors (Lipinski definition) is 2. The largest absolute Gasteiger partial charge is 0.366 e. The zero-order valence-electron chi connectivity index (χ0n) is 16.8. The van der Waals surface area contributed by atoms with Crippen molar-refractivity contribution >= 4 is 17.5 Å². The summed E-state index contributed by atoms with van der Waals surface area (Å²) in [5, 5.41) is 4.41. The first-order valence-corrected chi connectivity index (χ1v) is 10.3. The van der Waals surface area contributed by atoms with E-state index in [2.05, 4.69) is 42.6 Å². The molecule has 29 heavy (non-hydrogen) atoms. The number of benzene rings is 3. The summed E-state index contributed by atoms with van der Waals surface area (Å²) in [6.45, 7) is 4.85. The molecule has 0 fully saturated rings. The molecule has 4 heteroatoms. The maximum Gasteiger partial charge on any atom is 0.248 e. The number of rotatable bonds is 5. The highest BCUT2D eigenvalue weighted by Crippen LogP contribution is 2.35. The number of primary amides is 1. The topological polar surface area (TPSA) is 55.1 Å². The Kier molecular flexibility index (Phi) is 5.44. The second-order valence-corrected chi connectivity index (χ2v) is 8.33. The van der Waals surface area contributed by atoms with Gasteiger partial charge in [0.25, 0.3) is 0 Å². The van der Waals surface area contributed by atoms with Gasteiger partial charge in [-0.2, -0.15) is 0 Å². The third-order valence-corrected chi connectivity index (χ3v) is 6.07. The zero-order chi connectivity index (χ0) is 20.5. The molecule has 0 heterocycles. The number of amides is 1. The number of nitrogens with two attached hydrogens (primary N) is 1. The van der Waals surface area contributed by atoms with Crippen LogP contribution in [0.4, 0.5) is 0 Å². The predicted molar refractivity (Wildman–Crippen MR) is 119 cm³/mol. The molecule has 0 spiro atoms. The van der Waals surface area contributed by atoms with E-state index in [9.17, 15) is 4.79 Å². The van der Waals surface area contributed by atoms with Crippen molar-refractivity contribution in [3.05, 3.63) is 93.0 Å². The van der Waals surface area contributed by atoms with Gasteiger partial charge in [0, 0.05) is 28.7 Å². The SMILES string of the molecule is Cc1cc(C(N)=O)ccc1-c1c(C)cc(CNC2Cc3ccccc3C2)cc1Cl. The molecule has 1 aliphatic carbocycles. The molecular weight excluding hydrogens is 380 g/mol. The molecule has 148 valence electrons. The van der Waals surface area contributed by atoms with Crippen molar-refractivity contribution in [2.24, 2.45) is 5.73 Å². The van der Waals surface area contributed by atoms with Crippen molar-refractivity contribution in [2.45, 2.75) is 39.3 Å². The van der Waals surface area contributed by atoms with Crippen molar-refractivity contribution < 1.29 is 4.79 Å². The summed E-state index contributed by atoms with van der Waals surface area (Å²) in [4.78, 5) is 11.4. The molecule has 0 aromatic heterocycles. The fraction of sp³-hybridized carbons (Fsp3) is 0.240. The van der Waals surface area contributed by atoms with Crippen LogP contribution in [0.1, 0.15) is 38.2 Å². The highest BCUT2D eigenvalue weighted by Gasteiger charge is 2.20. The van der Waals surface area contributed by atoms with Crippen molar-refractivity contribution in [3.8, 4) is 11.1 Å². The van der Waals surface area contributed by atoms with Crippen molar-refractivity contribution in [2.75, 3.05) is 0 Å². The molecule has 0 aliphatic heterocycles. The van der Waals surface area contributed by atoms with Crippen LogP contribution in [-0.4, -0.2) is 11.9 Å². The van der Waals surface area contributed by atoms with Gasteiger partial charge < -0.3 is 11.1 Å². The summed E-state index contributed by atoms with van der Waals surface area (Å²) in [7, 11) is 0. The lowest BCUT2D eigenvalue weighted by atomic mass is 9.93. The van der Waals surface area contributed by atoms with E-state index in [1.165, 1.54) is 16.7 Å². The average molecular weight is 405 g/mol. The average Bonchev–Trinajstić information content (AvgIpc) is 3.10. The Balaban J connectivity index is 1.51. The molecule has 3 nitrogen and oxygen atoms in total. The van der Waals surface area contributed by atoms with Gasteiger partial charge >= 0.3 is 0 Å². The van der Waals surface area contributed by atoms with Gasteiger partial charge in [-0.15, -0.1) is 0 Å². The molecule has 3 aromatic rings. The molecule has 1 aliphatic rings. The maximum absolute atomic E-state index is 11.4. The van der Waals surface area contributed by atoms with E-state index in [4.69, 9.17) is 17.3 Å². The standard InChI is InChI=1S/C25H25ClN2O/c1-15-10-20(25(27)29)7-8-22(15)24-16(2)9-17(11-23(24)26)14-28-21-12-18-5-3-4-6-19(18)13-21/h3-11,21,28H,12-14H2,1-2H3,(H2,27,29). The van der Waals surface area contributed by atoms with Gasteiger partial charge in [0.1, 0.15) is 0 Å². The molecule has 4 rings (SSSR count). The molecule has 3 aromatic carbocycles. The number of fused-ring (bicyclic) bond motifs is 1. The van der Waals surface area contributed by atoms with Crippen LogP contribution in [0.5, 0.6) is 0 Å². The number of nitrogens with one attached hydrogen (secondary N) is 1. The maximum atomic E-state index is 11.4. The van der Waals surface area contributed by atoms with Crippen molar-refractivity contribution in [1.82, 2.24) is 5.32 Å². The van der Waals surface area contributed by atoms with Crippen LogP contribution in [0.15, 0.2) is 54.6 Å². The summed E-state index contributed by atoms with van der Waals surface area (Å²) < 4.78 is 0. The first-order valence-electron chi connectivity index (χ1n) is 9.92. The molecule has 0 radical (unpaired) electrons. The van der Waals surface area contributed by atoms with E-state index < -0.39 is 5.91 Å². The van der Waals surface area contributed by atoms with Crippen LogP contribution in [0.3, 0.4) is 0 Å². The summed E-state index contributed by atoms with van der Waals surface area (Å²) in [6.07, 6.45) is 2.15. The van der Waals surface area contributed by atoms with E-state index in [1.807, 2.05) is 25.1 Å². The third kappa shape index (κ3) is 4.07. The van der Waals surface area contributed by atoms with Gasteiger partial charge in [-0.1, -0.05) is 48.0 Å². The molecular formula is C25H25ClN2O. The first kappa shape index (κ1) is 19.7. The third-order valence-electron chi connectivity index (χ3n) is 5.77. The molecule has 0 bridgehead atoms. The summed E-state index contributed by atoms with van der Waals surface area (Å²) in [6, 6.07) is 18.9. The van der Waals surface area contributed by atoms with Crippen LogP contribution in [-0.2, 0) is 19.4 Å². The van der Waals surface area contributed by atoms with E-state index in [0.717, 1.165) is 46.7 Å². The molecule has 0 atom stereocenters. The fourth-order valence-corrected chi connectivity index (χ4v) is 4.71. The predicted octanol–water partition coefficient (Wildman–Crippen LogP) is 4.98. The number of carbonyl (C=O) groups excluding carboxylic acids is 1. The zero-order valence-corrected chi connectivity index (χ0v) is 17.5. The number of carbonyl (C=O) groups is 1. The Labute approximate surface area is 176 Å². The Morgan fingerprint density at radius 1 is 1.03 bits per heavy atom. The van der Waals surface area contributed by atoms with E-state index in [1.54, 1.807) is 6.07 Å². The number of hydrogen-bond acceptors (Lipinski definition) is 2. The Morgan fingerprint density at radius 2 is 1.72 bits per heavy atom. The van der Waals surface area contributed by atoms with E-state index >= 15 is 0 Å². The normalized spacial score (nSPS) is 13.5. The van der Waals surface area contributed by atoms with Gasteiger partial charge in [0.2, 0.25) is 5.91 Å². The van der Waals surface area contributed by atoms with E-state index in [0.29, 0.717) is 11.6 Å². The number of aryl methyl sites for hydroxylation is 2. The minimum absolute atomic E-state index is 0.419. The second kappa shape index (κ2) is 8.02. The van der Waals surface area contributed by atoms with Gasteiger partial charge in [-0.25, -0.2) is 0 Å². The lowest BCUT2D eigenvalue weighted by molar-refractivity contribution is 0.1000. The quantitative estimate of drug-likeness (QED) is 0.630. The van der Waals surface area contributed by atoms with Crippen LogP contribution < -0.4 is 11.1 Å². The number of halogens is 1. The smallest absolute Gasteiger partial charge is 0.248 e. The highest BCUT2D eigenvalue weighted by molar-refractivity contribution is 6.33. The molecule has 3 N–H and O–H groups in total. The lowest BCUT2D eigenvalue weighted by Crippen LogP contribution is -2.29. The molecule has 0 saturated heterocycles. The molecule has 1 amide bonds. The Morgan fingerprint density at radius 3 is 2.31 bits per heavy atom. The van der Waals surface area contributed by atoms with Crippen LogP contribution in [0, 0.1) is 13.8 Å². The van der Waals surface area contributed by atoms with Crippen LogP contribution in [0.25, 0.3) is 11.1 Å². The minimum atomic E-state index is -0.419. The van der Waals surface area contributed by atoms with Crippen molar-refractivity contribution in [3.63, 3.8) is 0 Å². The van der Waals surface area contributed by atoms with Gasteiger partial charge in [-0.05, 0) is 78.3 Å². The van der Waals surface area contributed by atoms with Crippen LogP contribution in [0.2, 0.25) is 5.02 Å².